The first kappa shape index (κ1) is 34.2. The number of aliphatic hydroxyl groups is 4. The highest BCUT2D eigenvalue weighted by molar-refractivity contribution is 6.35. The summed E-state index contributed by atoms with van der Waals surface area (Å²) in [6.45, 7) is 2.83. The molecule has 2 aromatic rings. The number of amides is 1. The summed E-state index contributed by atoms with van der Waals surface area (Å²) in [7, 11) is 0. The van der Waals surface area contributed by atoms with Crippen LogP contribution >= 0.6 is 23.2 Å². The van der Waals surface area contributed by atoms with Gasteiger partial charge in [-0.15, -0.1) is 0 Å². The second-order valence-corrected chi connectivity index (χ2v) is 11.9. The second kappa shape index (κ2) is 14.3. The number of hydroxylamine groups is 1. The van der Waals surface area contributed by atoms with E-state index in [-0.39, 0.29) is 36.2 Å². The SMILES string of the molecule is CC(=Cc1ccc(O[C@@H]2OC(=C(C)NOCc3ccc(Cl)cc3Cl)[C@@H](O)[C@@H]2F)c(O)c1)C(=O)N[C@@H]1[C@H](O)[C@@H](O)[C@H]2OCO[C@H]2[C@@H]1O. The lowest BCUT2D eigenvalue weighted by atomic mass is 9.83. The first-order valence-electron chi connectivity index (χ1n) is 14.1. The van der Waals surface area contributed by atoms with Crippen molar-refractivity contribution in [3.8, 4) is 11.5 Å². The van der Waals surface area contributed by atoms with Crippen molar-refractivity contribution in [3.63, 3.8) is 0 Å². The van der Waals surface area contributed by atoms with Crippen LogP contribution < -0.4 is 15.5 Å². The zero-order chi connectivity index (χ0) is 33.3. The van der Waals surface area contributed by atoms with Crippen molar-refractivity contribution in [2.75, 3.05) is 6.79 Å². The van der Waals surface area contributed by atoms with Crippen molar-refractivity contribution < 1.29 is 58.5 Å². The van der Waals surface area contributed by atoms with Gasteiger partial charge in [0.2, 0.25) is 12.1 Å². The maximum atomic E-state index is 14.9. The number of hydrogen-bond donors (Lipinski definition) is 7. The molecule has 2 saturated heterocycles. The van der Waals surface area contributed by atoms with Gasteiger partial charge in [-0.2, -0.15) is 0 Å². The maximum absolute atomic E-state index is 14.9. The lowest BCUT2D eigenvalue weighted by Crippen LogP contribution is -2.67. The molecule has 0 radical (unpaired) electrons. The van der Waals surface area contributed by atoms with Gasteiger partial charge in [-0.1, -0.05) is 35.3 Å². The summed E-state index contributed by atoms with van der Waals surface area (Å²) in [5.41, 5.74) is 3.88. The topological polar surface area (TPSA) is 188 Å². The van der Waals surface area contributed by atoms with E-state index in [2.05, 4.69) is 10.8 Å². The third kappa shape index (κ3) is 7.20. The molecular weight excluding hydrogens is 654 g/mol. The summed E-state index contributed by atoms with van der Waals surface area (Å²) in [6.07, 6.45) is -9.98. The van der Waals surface area contributed by atoms with Gasteiger partial charge in [-0.25, -0.2) is 4.39 Å². The van der Waals surface area contributed by atoms with E-state index in [1.807, 2.05) is 0 Å². The predicted octanol–water partition coefficient (Wildman–Crippen LogP) is 1.81. The average molecular weight is 688 g/mol. The predicted molar refractivity (Wildman–Crippen MR) is 160 cm³/mol. The average Bonchev–Trinajstić information content (AvgIpc) is 3.62. The molecule has 1 amide bonds. The molecule has 0 aromatic heterocycles. The lowest BCUT2D eigenvalue weighted by Gasteiger charge is -2.41. The van der Waals surface area contributed by atoms with Gasteiger partial charge in [0.1, 0.15) is 43.9 Å². The number of rotatable bonds is 9. The Kier molecular flexibility index (Phi) is 10.6. The van der Waals surface area contributed by atoms with Crippen molar-refractivity contribution in [1.29, 1.82) is 0 Å². The Labute approximate surface area is 272 Å². The molecule has 2 aliphatic heterocycles. The maximum Gasteiger partial charge on any atom is 0.275 e. The zero-order valence-corrected chi connectivity index (χ0v) is 26.0. The Morgan fingerprint density at radius 1 is 1.04 bits per heavy atom. The van der Waals surface area contributed by atoms with Crippen LogP contribution in [0.3, 0.4) is 0 Å². The number of carbonyl (C=O) groups is 1. The van der Waals surface area contributed by atoms with Crippen LogP contribution in [0.15, 0.2) is 53.4 Å². The van der Waals surface area contributed by atoms with Crippen molar-refractivity contribution >= 4 is 35.2 Å². The Morgan fingerprint density at radius 2 is 1.76 bits per heavy atom. The first-order chi connectivity index (χ1) is 21.8. The van der Waals surface area contributed by atoms with Crippen LogP contribution in [0.2, 0.25) is 10.0 Å². The van der Waals surface area contributed by atoms with E-state index >= 15 is 0 Å². The lowest BCUT2D eigenvalue weighted by molar-refractivity contribution is -0.155. The summed E-state index contributed by atoms with van der Waals surface area (Å²) in [4.78, 5) is 18.2. The Balaban J connectivity index is 1.18. The van der Waals surface area contributed by atoms with E-state index in [0.29, 0.717) is 21.2 Å². The molecule has 3 aliphatic rings. The Bertz CT molecular complexity index is 1510. The summed E-state index contributed by atoms with van der Waals surface area (Å²) < 4.78 is 36.4. The van der Waals surface area contributed by atoms with Gasteiger partial charge in [0.05, 0.1) is 11.7 Å². The van der Waals surface area contributed by atoms with Gasteiger partial charge in [0.25, 0.3) is 6.29 Å². The molecule has 13 nitrogen and oxygen atoms in total. The van der Waals surface area contributed by atoms with Crippen molar-refractivity contribution in [2.45, 2.75) is 75.6 Å². The zero-order valence-electron chi connectivity index (χ0n) is 24.5. The third-order valence-corrected chi connectivity index (χ3v) is 8.37. The summed E-state index contributed by atoms with van der Waals surface area (Å²) in [5, 5.41) is 55.7. The molecule has 46 heavy (non-hydrogen) atoms. The molecule has 0 bridgehead atoms. The van der Waals surface area contributed by atoms with Crippen LogP contribution in [-0.4, -0.2) is 93.4 Å². The fourth-order valence-electron chi connectivity index (χ4n) is 5.25. The number of aromatic hydroxyl groups is 1. The van der Waals surface area contributed by atoms with Crippen LogP contribution in [-0.2, 0) is 30.4 Å². The van der Waals surface area contributed by atoms with Gasteiger partial charge in [0, 0.05) is 15.6 Å². The second-order valence-electron chi connectivity index (χ2n) is 11.0. The summed E-state index contributed by atoms with van der Waals surface area (Å²) in [5.74, 6) is -1.39. The number of fused-ring (bicyclic) bond motifs is 1. The van der Waals surface area contributed by atoms with Gasteiger partial charge >= 0.3 is 0 Å². The van der Waals surface area contributed by atoms with E-state index in [1.54, 1.807) is 18.2 Å². The monoisotopic (exact) mass is 686 g/mol. The molecule has 3 fully saturated rings. The molecule has 250 valence electrons. The molecule has 0 spiro atoms. The number of nitrogens with one attached hydrogen (secondary N) is 2. The van der Waals surface area contributed by atoms with Gasteiger partial charge < -0.3 is 49.8 Å². The van der Waals surface area contributed by atoms with E-state index in [0.717, 1.165) is 0 Å². The smallest absolute Gasteiger partial charge is 0.275 e. The Morgan fingerprint density at radius 3 is 2.46 bits per heavy atom. The number of aliphatic hydroxyl groups excluding tert-OH is 4. The van der Waals surface area contributed by atoms with Crippen LogP contribution in [0.4, 0.5) is 4.39 Å². The van der Waals surface area contributed by atoms with E-state index < -0.39 is 66.8 Å². The fourth-order valence-corrected chi connectivity index (χ4v) is 5.71. The minimum Gasteiger partial charge on any atom is -0.504 e. The van der Waals surface area contributed by atoms with Crippen LogP contribution in [0.1, 0.15) is 25.0 Å². The van der Waals surface area contributed by atoms with Crippen molar-refractivity contribution in [1.82, 2.24) is 10.8 Å². The number of phenolic OH excluding ortho intramolecular Hbond substituents is 1. The molecule has 7 N–H and O–H groups in total. The number of ether oxygens (including phenoxy) is 4. The molecule has 5 rings (SSSR count). The normalized spacial score (nSPS) is 32.0. The third-order valence-electron chi connectivity index (χ3n) is 7.78. The molecule has 1 saturated carbocycles. The number of benzene rings is 2. The molecule has 16 heteroatoms. The van der Waals surface area contributed by atoms with Gasteiger partial charge in [-0.3, -0.25) is 15.1 Å². The molecule has 0 unspecified atom stereocenters. The number of carbonyl (C=O) groups excluding carboxylic acids is 1. The number of hydrogen-bond acceptors (Lipinski definition) is 12. The van der Waals surface area contributed by atoms with E-state index in [1.165, 1.54) is 38.1 Å². The molecule has 2 heterocycles. The Hall–Kier alpha value is -3.18. The van der Waals surface area contributed by atoms with E-state index in [9.17, 15) is 34.7 Å². The fraction of sp³-hybridized carbons (Fsp3) is 0.433. The van der Waals surface area contributed by atoms with Crippen LogP contribution in [0.5, 0.6) is 11.5 Å². The van der Waals surface area contributed by atoms with Gasteiger partial charge in [-0.05, 0) is 55.3 Å². The molecular formula is C30H33Cl2FN2O11. The summed E-state index contributed by atoms with van der Waals surface area (Å²) in [6, 6.07) is 7.70. The molecule has 2 aromatic carbocycles. The number of alkyl halides is 1. The molecule has 9 atom stereocenters. The quantitative estimate of drug-likeness (QED) is 0.150. The highest BCUT2D eigenvalue weighted by Crippen LogP contribution is 2.35. The standard InChI is InChI=1S/C30H33Cl2FN2O11/c1-12(29(41)34-21-23(38)25(40)28-27(24(21)39)42-11-43-28)7-14-3-6-19(18(36)8-14)45-30-20(33)22(37)26(46-30)13(2)35-44-10-15-4-5-16(31)9-17(15)32/h3-9,20-25,27-28,30,35-40H,10-11H2,1-2H3,(H,34,41)/t20-,21+,22-,23-,24+,25+,27-,28+,30+/m0/s1. The highest BCUT2D eigenvalue weighted by atomic mass is 35.5. The van der Waals surface area contributed by atoms with Crippen molar-refractivity contribution in [2.24, 2.45) is 0 Å². The van der Waals surface area contributed by atoms with E-state index in [4.69, 9.17) is 47.0 Å². The van der Waals surface area contributed by atoms with Crippen molar-refractivity contribution in [3.05, 3.63) is 74.6 Å². The minimum absolute atomic E-state index is 0.0321. The highest BCUT2D eigenvalue weighted by Gasteiger charge is 2.53. The van der Waals surface area contributed by atoms with Gasteiger partial charge in [0.15, 0.2) is 23.4 Å². The van der Waals surface area contributed by atoms with Crippen LogP contribution in [0, 0.1) is 0 Å². The number of phenols is 1. The first-order valence-corrected chi connectivity index (χ1v) is 14.9. The number of halogens is 3. The number of allylic oxidation sites excluding steroid dienone is 1. The summed E-state index contributed by atoms with van der Waals surface area (Å²) >= 11 is 12.0. The largest absolute Gasteiger partial charge is 0.504 e. The minimum atomic E-state index is -2.01. The van der Waals surface area contributed by atoms with Crippen LogP contribution in [0.25, 0.3) is 6.08 Å². The molecule has 1 aliphatic carbocycles.